The minimum Gasteiger partial charge on any atom is -0.266 e. The summed E-state index contributed by atoms with van der Waals surface area (Å²) in [6, 6.07) is 3.68. The van der Waals surface area contributed by atoms with Crippen molar-refractivity contribution in [3.05, 3.63) is 42.8 Å². The highest BCUT2D eigenvalue weighted by Crippen LogP contribution is 2.22. The van der Waals surface area contributed by atoms with Crippen LogP contribution in [0.5, 0.6) is 0 Å². The number of nitrogens with one attached hydrogen (secondary N) is 2. The number of carbonyl (C=O) groups is 2. The van der Waals surface area contributed by atoms with E-state index in [1.54, 1.807) is 0 Å². The first-order valence-electron chi connectivity index (χ1n) is 6.69. The second-order valence-corrected chi connectivity index (χ2v) is 7.22. The Balaban J connectivity index is 1.98. The number of thiophene rings is 2. The van der Waals surface area contributed by atoms with Crippen LogP contribution in [0.1, 0.15) is 47.1 Å². The van der Waals surface area contributed by atoms with E-state index in [1.807, 2.05) is 32.9 Å². The predicted molar refractivity (Wildman–Crippen MR) is 87.2 cm³/mol. The van der Waals surface area contributed by atoms with Gasteiger partial charge in [-0.1, -0.05) is 6.92 Å². The highest BCUT2D eigenvalue weighted by molar-refractivity contribution is 7.14. The molecule has 112 valence electrons. The van der Waals surface area contributed by atoms with E-state index in [9.17, 15) is 9.59 Å². The van der Waals surface area contributed by atoms with Crippen LogP contribution in [-0.4, -0.2) is 11.8 Å². The Hall–Kier alpha value is -1.66. The molecule has 6 heteroatoms. The topological polar surface area (TPSA) is 58.2 Å². The van der Waals surface area contributed by atoms with E-state index in [0.29, 0.717) is 9.75 Å². The highest BCUT2D eigenvalue weighted by atomic mass is 32.1. The molecule has 0 aromatic carbocycles. The molecule has 0 aliphatic rings. The van der Waals surface area contributed by atoms with Crippen LogP contribution in [0.2, 0.25) is 0 Å². The van der Waals surface area contributed by atoms with Gasteiger partial charge in [-0.25, -0.2) is 0 Å². The van der Waals surface area contributed by atoms with Crippen LogP contribution in [0.4, 0.5) is 0 Å². The van der Waals surface area contributed by atoms with Crippen LogP contribution >= 0.6 is 22.7 Å². The Morgan fingerprint density at radius 3 is 1.90 bits per heavy atom. The lowest BCUT2D eigenvalue weighted by Crippen LogP contribution is -2.41. The van der Waals surface area contributed by atoms with E-state index in [-0.39, 0.29) is 11.8 Å². The zero-order valence-corrected chi connectivity index (χ0v) is 14.1. The highest BCUT2D eigenvalue weighted by Gasteiger charge is 2.14. The van der Waals surface area contributed by atoms with Crippen molar-refractivity contribution in [3.8, 4) is 0 Å². The minimum atomic E-state index is -0.284. The average Bonchev–Trinajstić information content (AvgIpc) is 2.99. The van der Waals surface area contributed by atoms with Crippen molar-refractivity contribution in [2.24, 2.45) is 0 Å². The maximum absolute atomic E-state index is 12.0. The van der Waals surface area contributed by atoms with Crippen LogP contribution in [0.15, 0.2) is 12.1 Å². The largest absolute Gasteiger partial charge is 0.279 e. The molecule has 2 amide bonds. The Morgan fingerprint density at radius 1 is 0.952 bits per heavy atom. The summed E-state index contributed by atoms with van der Waals surface area (Å²) in [5.41, 5.74) is 7.13. The van der Waals surface area contributed by atoms with Gasteiger partial charge in [0.05, 0.1) is 9.75 Å². The molecule has 2 heterocycles. The van der Waals surface area contributed by atoms with Crippen molar-refractivity contribution >= 4 is 34.5 Å². The van der Waals surface area contributed by atoms with E-state index >= 15 is 0 Å². The summed E-state index contributed by atoms with van der Waals surface area (Å²) in [6.45, 7) is 7.98. The summed E-state index contributed by atoms with van der Waals surface area (Å²) >= 11 is 2.88. The SMILES string of the molecule is CCc1sc(C(=O)NNC(=O)c2cc(C)c(C)s2)cc1C. The molecule has 0 aliphatic heterocycles. The monoisotopic (exact) mass is 322 g/mol. The summed E-state index contributed by atoms with van der Waals surface area (Å²) in [4.78, 5) is 27.5. The number of hydrogen-bond acceptors (Lipinski definition) is 4. The normalized spacial score (nSPS) is 10.5. The van der Waals surface area contributed by atoms with Crippen molar-refractivity contribution < 1.29 is 9.59 Å². The molecule has 0 saturated carbocycles. The van der Waals surface area contributed by atoms with Crippen molar-refractivity contribution in [1.29, 1.82) is 0 Å². The van der Waals surface area contributed by atoms with Crippen LogP contribution in [0.25, 0.3) is 0 Å². The van der Waals surface area contributed by atoms with E-state index in [0.717, 1.165) is 22.4 Å². The molecule has 21 heavy (non-hydrogen) atoms. The van der Waals surface area contributed by atoms with E-state index in [4.69, 9.17) is 0 Å². The lowest BCUT2D eigenvalue weighted by Gasteiger charge is -2.04. The molecule has 0 aliphatic carbocycles. The van der Waals surface area contributed by atoms with Gasteiger partial charge in [0, 0.05) is 9.75 Å². The van der Waals surface area contributed by atoms with Crippen molar-refractivity contribution in [1.82, 2.24) is 10.9 Å². The summed E-state index contributed by atoms with van der Waals surface area (Å²) in [7, 11) is 0. The number of aryl methyl sites for hydroxylation is 4. The molecule has 2 aromatic rings. The maximum atomic E-state index is 12.0. The maximum Gasteiger partial charge on any atom is 0.279 e. The molecular weight excluding hydrogens is 304 g/mol. The summed E-state index contributed by atoms with van der Waals surface area (Å²) < 4.78 is 0. The van der Waals surface area contributed by atoms with Gasteiger partial charge in [0.25, 0.3) is 11.8 Å². The number of amides is 2. The Labute approximate surface area is 132 Å². The van der Waals surface area contributed by atoms with Crippen molar-refractivity contribution in [2.75, 3.05) is 0 Å². The van der Waals surface area contributed by atoms with Crippen molar-refractivity contribution in [3.63, 3.8) is 0 Å². The fourth-order valence-electron chi connectivity index (χ4n) is 1.90. The Bertz CT molecular complexity index is 666. The first-order valence-corrected chi connectivity index (χ1v) is 8.32. The van der Waals surface area contributed by atoms with Gasteiger partial charge in [-0.15, -0.1) is 22.7 Å². The zero-order chi connectivity index (χ0) is 15.6. The van der Waals surface area contributed by atoms with Gasteiger partial charge in [0.1, 0.15) is 0 Å². The fourth-order valence-corrected chi connectivity index (χ4v) is 3.84. The van der Waals surface area contributed by atoms with Crippen LogP contribution in [0, 0.1) is 20.8 Å². The standard InChI is InChI=1S/C15H18N2O2S2/c1-5-11-9(3)7-13(21-11)15(19)17-16-14(18)12-6-8(2)10(4)20-12/h6-7H,5H2,1-4H3,(H,16,18)(H,17,19). The lowest BCUT2D eigenvalue weighted by molar-refractivity contribution is 0.0851. The lowest BCUT2D eigenvalue weighted by atomic mass is 10.2. The molecule has 2 rings (SSSR count). The van der Waals surface area contributed by atoms with Gasteiger partial charge in [0.2, 0.25) is 0 Å². The number of hydrogen-bond donors (Lipinski definition) is 2. The van der Waals surface area contributed by atoms with Crippen LogP contribution in [0.3, 0.4) is 0 Å². The third-order valence-electron chi connectivity index (χ3n) is 3.24. The molecule has 0 spiro atoms. The zero-order valence-electron chi connectivity index (χ0n) is 12.5. The number of carbonyl (C=O) groups excluding carboxylic acids is 2. The first-order chi connectivity index (χ1) is 9.92. The molecule has 4 nitrogen and oxygen atoms in total. The van der Waals surface area contributed by atoms with Gasteiger partial charge in [0.15, 0.2) is 0 Å². The molecule has 2 N–H and O–H groups in total. The third kappa shape index (κ3) is 3.51. The minimum absolute atomic E-state index is 0.277. The summed E-state index contributed by atoms with van der Waals surface area (Å²) in [5.74, 6) is -0.560. The molecular formula is C15H18N2O2S2. The first kappa shape index (κ1) is 15.7. The second kappa shape index (κ2) is 6.41. The van der Waals surface area contributed by atoms with Crippen LogP contribution < -0.4 is 10.9 Å². The average molecular weight is 322 g/mol. The van der Waals surface area contributed by atoms with Crippen LogP contribution in [-0.2, 0) is 6.42 Å². The van der Waals surface area contributed by atoms with E-state index in [1.165, 1.54) is 27.6 Å². The van der Waals surface area contributed by atoms with Gasteiger partial charge in [-0.05, 0) is 50.5 Å². The molecule has 0 atom stereocenters. The smallest absolute Gasteiger partial charge is 0.266 e. The summed E-state index contributed by atoms with van der Waals surface area (Å²) in [6.07, 6.45) is 0.907. The van der Waals surface area contributed by atoms with Gasteiger partial charge < -0.3 is 0 Å². The Morgan fingerprint density at radius 2 is 1.48 bits per heavy atom. The number of hydrazine groups is 1. The van der Waals surface area contributed by atoms with Gasteiger partial charge in [-0.3, -0.25) is 20.4 Å². The van der Waals surface area contributed by atoms with Crippen molar-refractivity contribution in [2.45, 2.75) is 34.1 Å². The second-order valence-electron chi connectivity index (χ2n) is 4.83. The molecule has 0 fully saturated rings. The third-order valence-corrected chi connectivity index (χ3v) is 5.78. The quantitative estimate of drug-likeness (QED) is 0.851. The number of rotatable bonds is 3. The molecule has 2 aromatic heterocycles. The Kier molecular flexibility index (Phi) is 4.80. The predicted octanol–water partition coefficient (Wildman–Crippen LogP) is 3.37. The summed E-state index contributed by atoms with van der Waals surface area (Å²) in [5, 5.41) is 0. The fraction of sp³-hybridized carbons (Fsp3) is 0.333. The molecule has 0 radical (unpaired) electrons. The molecule has 0 bridgehead atoms. The van der Waals surface area contributed by atoms with Gasteiger partial charge in [-0.2, -0.15) is 0 Å². The van der Waals surface area contributed by atoms with E-state index in [2.05, 4.69) is 17.8 Å². The van der Waals surface area contributed by atoms with E-state index < -0.39 is 0 Å². The molecule has 0 unspecified atom stereocenters. The molecule has 0 saturated heterocycles. The van der Waals surface area contributed by atoms with Gasteiger partial charge >= 0.3 is 0 Å².